The van der Waals surface area contributed by atoms with Crippen LogP contribution in [0.25, 0.3) is 0 Å². The third kappa shape index (κ3) is 4.05. The molecule has 1 unspecified atom stereocenters. The minimum atomic E-state index is 0.0579. The fraction of sp³-hybridized carbons (Fsp3) is 0.294. The molecule has 0 radical (unpaired) electrons. The largest absolute Gasteiger partial charge is 0.377 e. The molecule has 1 N–H and O–H groups in total. The van der Waals surface area contributed by atoms with Crippen LogP contribution < -0.4 is 5.32 Å². The van der Waals surface area contributed by atoms with E-state index >= 15 is 0 Å². The lowest BCUT2D eigenvalue weighted by Crippen LogP contribution is -2.23. The SMILES string of the molecule is CC(=O)N(C)Cc1ccccc1NC(C)c1ccccn1. The Bertz CT molecular complexity index is 598. The maximum Gasteiger partial charge on any atom is 0.219 e. The van der Waals surface area contributed by atoms with Gasteiger partial charge in [-0.1, -0.05) is 24.3 Å². The van der Waals surface area contributed by atoms with Crippen molar-refractivity contribution in [2.75, 3.05) is 12.4 Å². The molecule has 0 saturated heterocycles. The number of hydrogen-bond donors (Lipinski definition) is 1. The Hall–Kier alpha value is -2.36. The van der Waals surface area contributed by atoms with E-state index in [9.17, 15) is 4.79 Å². The molecule has 1 amide bonds. The number of amides is 1. The maximum absolute atomic E-state index is 11.4. The molecular formula is C17H21N3O. The van der Waals surface area contributed by atoms with Crippen LogP contribution >= 0.6 is 0 Å². The first-order valence-electron chi connectivity index (χ1n) is 7.05. The number of nitrogens with one attached hydrogen (secondary N) is 1. The predicted molar refractivity (Wildman–Crippen MR) is 84.9 cm³/mol. The fourth-order valence-corrected chi connectivity index (χ4v) is 2.11. The van der Waals surface area contributed by atoms with Crippen LogP contribution in [-0.2, 0) is 11.3 Å². The normalized spacial score (nSPS) is 11.8. The molecule has 0 aliphatic heterocycles. The quantitative estimate of drug-likeness (QED) is 0.916. The molecule has 2 rings (SSSR count). The summed E-state index contributed by atoms with van der Waals surface area (Å²) in [5, 5.41) is 3.47. The van der Waals surface area contributed by atoms with Crippen LogP contribution in [0.2, 0.25) is 0 Å². The second kappa shape index (κ2) is 6.88. The van der Waals surface area contributed by atoms with Gasteiger partial charge in [0.15, 0.2) is 0 Å². The summed E-state index contributed by atoms with van der Waals surface area (Å²) in [7, 11) is 1.81. The monoisotopic (exact) mass is 283 g/mol. The molecule has 0 aliphatic carbocycles. The van der Waals surface area contributed by atoms with Gasteiger partial charge in [-0.2, -0.15) is 0 Å². The molecule has 4 heteroatoms. The van der Waals surface area contributed by atoms with E-state index in [4.69, 9.17) is 0 Å². The van der Waals surface area contributed by atoms with Crippen LogP contribution in [-0.4, -0.2) is 22.8 Å². The first-order chi connectivity index (χ1) is 10.1. The van der Waals surface area contributed by atoms with Gasteiger partial charge in [-0.05, 0) is 30.7 Å². The standard InChI is InChI=1S/C17H21N3O/c1-13(16-9-6-7-11-18-16)19-17-10-5-4-8-15(17)12-20(3)14(2)21/h4-11,13,19H,12H2,1-3H3. The lowest BCUT2D eigenvalue weighted by molar-refractivity contribution is -0.128. The number of benzene rings is 1. The lowest BCUT2D eigenvalue weighted by atomic mass is 10.1. The number of pyridine rings is 1. The second-order valence-corrected chi connectivity index (χ2v) is 5.15. The summed E-state index contributed by atoms with van der Waals surface area (Å²) in [5.74, 6) is 0.0579. The van der Waals surface area contributed by atoms with Crippen molar-refractivity contribution in [1.82, 2.24) is 9.88 Å². The Balaban J connectivity index is 2.15. The third-order valence-corrected chi connectivity index (χ3v) is 3.47. The van der Waals surface area contributed by atoms with Crippen molar-refractivity contribution in [1.29, 1.82) is 0 Å². The van der Waals surface area contributed by atoms with E-state index in [0.717, 1.165) is 16.9 Å². The average molecular weight is 283 g/mol. The number of anilines is 1. The highest BCUT2D eigenvalue weighted by Gasteiger charge is 2.11. The summed E-state index contributed by atoms with van der Waals surface area (Å²) in [4.78, 5) is 17.5. The Kier molecular flexibility index (Phi) is 4.93. The highest BCUT2D eigenvalue weighted by atomic mass is 16.2. The molecule has 0 aliphatic rings. The summed E-state index contributed by atoms with van der Waals surface area (Å²) in [5.41, 5.74) is 3.12. The summed E-state index contributed by atoms with van der Waals surface area (Å²) in [6.45, 7) is 4.24. The molecule has 0 fully saturated rings. The average Bonchev–Trinajstić information content (AvgIpc) is 2.50. The molecular weight excluding hydrogens is 262 g/mol. The molecule has 2 aromatic rings. The van der Waals surface area contributed by atoms with Gasteiger partial charge < -0.3 is 10.2 Å². The maximum atomic E-state index is 11.4. The fourth-order valence-electron chi connectivity index (χ4n) is 2.11. The smallest absolute Gasteiger partial charge is 0.219 e. The van der Waals surface area contributed by atoms with Crippen molar-refractivity contribution < 1.29 is 4.79 Å². The van der Waals surface area contributed by atoms with Gasteiger partial charge in [-0.25, -0.2) is 0 Å². The summed E-state index contributed by atoms with van der Waals surface area (Å²) >= 11 is 0. The number of carbonyl (C=O) groups is 1. The van der Waals surface area contributed by atoms with Crippen LogP contribution in [0.1, 0.15) is 31.1 Å². The van der Waals surface area contributed by atoms with Crippen LogP contribution in [0, 0.1) is 0 Å². The van der Waals surface area contributed by atoms with Crippen molar-refractivity contribution in [3.05, 3.63) is 59.9 Å². The molecule has 110 valence electrons. The van der Waals surface area contributed by atoms with Gasteiger partial charge in [0, 0.05) is 32.4 Å². The first-order valence-corrected chi connectivity index (χ1v) is 7.05. The summed E-state index contributed by atoms with van der Waals surface area (Å²) < 4.78 is 0. The van der Waals surface area contributed by atoms with Crippen molar-refractivity contribution >= 4 is 11.6 Å². The van der Waals surface area contributed by atoms with Gasteiger partial charge in [-0.15, -0.1) is 0 Å². The van der Waals surface area contributed by atoms with E-state index < -0.39 is 0 Å². The van der Waals surface area contributed by atoms with E-state index in [2.05, 4.69) is 17.2 Å². The first kappa shape index (κ1) is 15.0. The number of carbonyl (C=O) groups excluding carboxylic acids is 1. The topological polar surface area (TPSA) is 45.2 Å². The number of aromatic nitrogens is 1. The van der Waals surface area contributed by atoms with E-state index in [1.54, 1.807) is 25.1 Å². The molecule has 1 heterocycles. The Morgan fingerprint density at radius 2 is 1.95 bits per heavy atom. The highest BCUT2D eigenvalue weighted by Crippen LogP contribution is 2.22. The van der Waals surface area contributed by atoms with Crippen molar-refractivity contribution in [2.24, 2.45) is 0 Å². The van der Waals surface area contributed by atoms with Crippen molar-refractivity contribution in [3.8, 4) is 0 Å². The number of para-hydroxylation sites is 1. The van der Waals surface area contributed by atoms with Crippen LogP contribution in [0.5, 0.6) is 0 Å². The summed E-state index contributed by atoms with van der Waals surface area (Å²) in [6, 6.07) is 14.0. The zero-order valence-electron chi connectivity index (χ0n) is 12.7. The molecule has 1 aromatic heterocycles. The number of rotatable bonds is 5. The van der Waals surface area contributed by atoms with Gasteiger partial charge in [0.1, 0.15) is 0 Å². The Morgan fingerprint density at radius 3 is 2.62 bits per heavy atom. The zero-order chi connectivity index (χ0) is 15.2. The predicted octanol–water partition coefficient (Wildman–Crippen LogP) is 3.23. The number of nitrogens with zero attached hydrogens (tertiary/aromatic N) is 2. The van der Waals surface area contributed by atoms with Crippen LogP contribution in [0.4, 0.5) is 5.69 Å². The molecule has 21 heavy (non-hydrogen) atoms. The third-order valence-electron chi connectivity index (χ3n) is 3.47. The molecule has 0 saturated carbocycles. The Morgan fingerprint density at radius 1 is 1.24 bits per heavy atom. The van der Waals surface area contributed by atoms with Gasteiger partial charge >= 0.3 is 0 Å². The molecule has 1 atom stereocenters. The minimum absolute atomic E-state index is 0.0579. The van der Waals surface area contributed by atoms with Gasteiger partial charge in [0.25, 0.3) is 0 Å². The van der Waals surface area contributed by atoms with Crippen LogP contribution in [0.15, 0.2) is 48.7 Å². The zero-order valence-corrected chi connectivity index (χ0v) is 12.7. The summed E-state index contributed by atoms with van der Waals surface area (Å²) in [6.07, 6.45) is 1.79. The highest BCUT2D eigenvalue weighted by molar-refractivity contribution is 5.73. The molecule has 0 spiro atoms. The molecule has 4 nitrogen and oxygen atoms in total. The second-order valence-electron chi connectivity index (χ2n) is 5.15. The molecule has 0 bridgehead atoms. The lowest BCUT2D eigenvalue weighted by Gasteiger charge is -2.21. The van der Waals surface area contributed by atoms with Gasteiger partial charge in [-0.3, -0.25) is 9.78 Å². The van der Waals surface area contributed by atoms with Crippen LogP contribution in [0.3, 0.4) is 0 Å². The van der Waals surface area contributed by atoms with E-state index in [-0.39, 0.29) is 11.9 Å². The van der Waals surface area contributed by atoms with E-state index in [1.807, 2.05) is 42.5 Å². The van der Waals surface area contributed by atoms with E-state index in [1.165, 1.54) is 0 Å². The molecule has 1 aromatic carbocycles. The van der Waals surface area contributed by atoms with Gasteiger partial charge in [0.2, 0.25) is 5.91 Å². The van der Waals surface area contributed by atoms with Crippen molar-refractivity contribution in [3.63, 3.8) is 0 Å². The number of hydrogen-bond acceptors (Lipinski definition) is 3. The minimum Gasteiger partial charge on any atom is -0.377 e. The van der Waals surface area contributed by atoms with E-state index in [0.29, 0.717) is 6.54 Å². The van der Waals surface area contributed by atoms with Crippen molar-refractivity contribution in [2.45, 2.75) is 26.4 Å². The van der Waals surface area contributed by atoms with Gasteiger partial charge in [0.05, 0.1) is 11.7 Å². The Labute approximate surface area is 125 Å².